The number of benzene rings is 1. The molecule has 1 N–H and O–H groups in total. The van der Waals surface area contributed by atoms with Gasteiger partial charge in [-0.1, -0.05) is 6.07 Å². The normalized spacial score (nSPS) is 18.9. The molecule has 0 radical (unpaired) electrons. The van der Waals surface area contributed by atoms with Crippen LogP contribution >= 0.6 is 0 Å². The molecule has 8 heteroatoms. The summed E-state index contributed by atoms with van der Waals surface area (Å²) in [6, 6.07) is 7.82. The number of rotatable bonds is 8. The molecule has 1 amide bonds. The molecule has 0 atom stereocenters. The molecule has 0 bridgehead atoms. The lowest BCUT2D eigenvalue weighted by molar-refractivity contribution is -0.0283. The monoisotopic (exact) mass is 442 g/mol. The molecule has 32 heavy (non-hydrogen) atoms. The molecule has 2 fully saturated rings. The van der Waals surface area contributed by atoms with Crippen molar-refractivity contribution in [3.63, 3.8) is 0 Å². The van der Waals surface area contributed by atoms with Crippen molar-refractivity contribution in [3.8, 4) is 5.75 Å². The lowest BCUT2D eigenvalue weighted by Gasteiger charge is -2.42. The molecule has 1 aromatic carbocycles. The summed E-state index contributed by atoms with van der Waals surface area (Å²) >= 11 is 0. The number of amides is 1. The van der Waals surface area contributed by atoms with Crippen molar-refractivity contribution in [2.24, 2.45) is 5.41 Å². The molecule has 0 aliphatic carbocycles. The molecular weight excluding hydrogens is 408 g/mol. The lowest BCUT2D eigenvalue weighted by Crippen LogP contribution is -2.50. The molecule has 1 aromatic heterocycles. The molecule has 2 aromatic rings. The van der Waals surface area contributed by atoms with Gasteiger partial charge >= 0.3 is 0 Å². The van der Waals surface area contributed by atoms with Crippen LogP contribution in [0.4, 0.5) is 0 Å². The zero-order valence-corrected chi connectivity index (χ0v) is 19.1. The molecule has 0 unspecified atom stereocenters. The number of hydrogen-bond donors (Lipinski definition) is 1. The molecule has 174 valence electrons. The van der Waals surface area contributed by atoms with Crippen LogP contribution in [0.25, 0.3) is 0 Å². The van der Waals surface area contributed by atoms with E-state index in [4.69, 9.17) is 14.2 Å². The highest BCUT2D eigenvalue weighted by atomic mass is 16.5. The van der Waals surface area contributed by atoms with Gasteiger partial charge in [-0.15, -0.1) is 0 Å². The summed E-state index contributed by atoms with van der Waals surface area (Å²) < 4.78 is 18.6. The molecular formula is C24H34N4O4. The second-order valence-electron chi connectivity index (χ2n) is 9.02. The Labute approximate surface area is 189 Å². The van der Waals surface area contributed by atoms with Gasteiger partial charge in [0.25, 0.3) is 5.91 Å². The fourth-order valence-corrected chi connectivity index (χ4v) is 4.50. The van der Waals surface area contributed by atoms with E-state index < -0.39 is 0 Å². The zero-order valence-electron chi connectivity index (χ0n) is 19.1. The molecule has 0 spiro atoms. The van der Waals surface area contributed by atoms with Gasteiger partial charge in [-0.25, -0.2) is 4.68 Å². The second-order valence-corrected chi connectivity index (χ2v) is 9.02. The number of nitrogens with zero attached hydrogens (tertiary/aromatic N) is 3. The van der Waals surface area contributed by atoms with Crippen LogP contribution in [0, 0.1) is 19.3 Å². The average molecular weight is 443 g/mol. The summed E-state index contributed by atoms with van der Waals surface area (Å²) in [5.41, 5.74) is 2.74. The maximum absolute atomic E-state index is 12.8. The molecule has 2 aliphatic rings. The van der Waals surface area contributed by atoms with Gasteiger partial charge in [-0.3, -0.25) is 9.69 Å². The molecule has 4 rings (SSSR count). The van der Waals surface area contributed by atoms with E-state index in [0.29, 0.717) is 12.2 Å². The second kappa shape index (κ2) is 10.5. The first kappa shape index (κ1) is 22.8. The van der Waals surface area contributed by atoms with Crippen LogP contribution in [0.5, 0.6) is 5.75 Å². The van der Waals surface area contributed by atoms with Crippen LogP contribution in [0.1, 0.15) is 34.5 Å². The van der Waals surface area contributed by atoms with Crippen molar-refractivity contribution in [1.29, 1.82) is 0 Å². The zero-order chi connectivity index (χ0) is 22.4. The van der Waals surface area contributed by atoms with Gasteiger partial charge in [-0.2, -0.15) is 5.10 Å². The Hall–Kier alpha value is -2.42. The van der Waals surface area contributed by atoms with E-state index in [2.05, 4.69) is 21.4 Å². The Bertz CT molecular complexity index is 881. The summed E-state index contributed by atoms with van der Waals surface area (Å²) in [5, 5.41) is 7.53. The van der Waals surface area contributed by atoms with Crippen molar-refractivity contribution in [2.75, 3.05) is 52.6 Å². The van der Waals surface area contributed by atoms with Crippen LogP contribution in [0.15, 0.2) is 30.5 Å². The molecule has 2 aliphatic heterocycles. The lowest BCUT2D eigenvalue weighted by atomic mass is 9.79. The van der Waals surface area contributed by atoms with E-state index in [9.17, 15) is 4.79 Å². The Morgan fingerprint density at radius 2 is 1.78 bits per heavy atom. The summed E-state index contributed by atoms with van der Waals surface area (Å²) in [4.78, 5) is 15.3. The first-order valence-corrected chi connectivity index (χ1v) is 11.4. The summed E-state index contributed by atoms with van der Waals surface area (Å²) in [6.07, 6.45) is 3.67. The summed E-state index contributed by atoms with van der Waals surface area (Å²) in [5.74, 6) is 0.650. The highest BCUT2D eigenvalue weighted by molar-refractivity contribution is 5.92. The van der Waals surface area contributed by atoms with Crippen LogP contribution in [0.3, 0.4) is 0 Å². The number of nitrogens with one attached hydrogen (secondary N) is 1. The fourth-order valence-electron chi connectivity index (χ4n) is 4.50. The average Bonchev–Trinajstić information content (AvgIpc) is 3.26. The van der Waals surface area contributed by atoms with Crippen molar-refractivity contribution in [2.45, 2.75) is 33.4 Å². The van der Waals surface area contributed by atoms with E-state index in [1.54, 1.807) is 16.9 Å². The SMILES string of the molecule is Cc1cc(C)cc(OCn2ccc(C(=O)NCC3(CN4CCOCC4)CCOCC3)n2)c1. The first-order valence-electron chi connectivity index (χ1n) is 11.4. The van der Waals surface area contributed by atoms with E-state index in [-0.39, 0.29) is 18.1 Å². The van der Waals surface area contributed by atoms with Crippen molar-refractivity contribution in [3.05, 3.63) is 47.3 Å². The van der Waals surface area contributed by atoms with Crippen LogP contribution < -0.4 is 10.1 Å². The van der Waals surface area contributed by atoms with Crippen LogP contribution in [-0.4, -0.2) is 73.2 Å². The van der Waals surface area contributed by atoms with E-state index in [0.717, 1.165) is 75.8 Å². The van der Waals surface area contributed by atoms with Gasteiger partial charge < -0.3 is 19.5 Å². The van der Waals surface area contributed by atoms with Crippen molar-refractivity contribution < 1.29 is 19.0 Å². The van der Waals surface area contributed by atoms with Crippen LogP contribution in [-0.2, 0) is 16.2 Å². The van der Waals surface area contributed by atoms with Gasteiger partial charge in [0.15, 0.2) is 6.73 Å². The number of aromatic nitrogens is 2. The van der Waals surface area contributed by atoms with Crippen molar-refractivity contribution >= 4 is 5.91 Å². The third kappa shape index (κ3) is 6.09. The summed E-state index contributed by atoms with van der Waals surface area (Å²) in [6.45, 7) is 10.9. The maximum atomic E-state index is 12.8. The maximum Gasteiger partial charge on any atom is 0.271 e. The standard InChI is InChI=1S/C24H34N4O4/c1-19-13-20(2)15-21(14-19)32-18-28-6-3-22(26-28)23(29)25-16-24(4-9-30-10-5-24)17-27-7-11-31-12-8-27/h3,6,13-15H,4-5,7-12,16-18H2,1-2H3,(H,25,29). The Kier molecular flexibility index (Phi) is 7.44. The Morgan fingerprint density at radius 1 is 1.09 bits per heavy atom. The minimum Gasteiger partial charge on any atom is -0.471 e. The largest absolute Gasteiger partial charge is 0.471 e. The summed E-state index contributed by atoms with van der Waals surface area (Å²) in [7, 11) is 0. The van der Waals surface area contributed by atoms with E-state index in [1.165, 1.54) is 0 Å². The molecule has 8 nitrogen and oxygen atoms in total. The number of morpholine rings is 1. The third-order valence-electron chi connectivity index (χ3n) is 6.27. The molecule has 0 saturated carbocycles. The minimum atomic E-state index is -0.150. The highest BCUT2D eigenvalue weighted by Gasteiger charge is 2.35. The van der Waals surface area contributed by atoms with Gasteiger partial charge in [-0.05, 0) is 56.0 Å². The molecule has 3 heterocycles. The van der Waals surface area contributed by atoms with Gasteiger partial charge in [0.2, 0.25) is 0 Å². The first-order chi connectivity index (χ1) is 15.5. The smallest absolute Gasteiger partial charge is 0.271 e. The van der Waals surface area contributed by atoms with Crippen LogP contribution in [0.2, 0.25) is 0 Å². The number of hydrogen-bond acceptors (Lipinski definition) is 6. The Balaban J connectivity index is 1.32. The predicted molar refractivity (Wildman–Crippen MR) is 121 cm³/mol. The predicted octanol–water partition coefficient (Wildman–Crippen LogP) is 2.40. The fraction of sp³-hybridized carbons (Fsp3) is 0.583. The van der Waals surface area contributed by atoms with Gasteiger partial charge in [0, 0.05) is 51.0 Å². The Morgan fingerprint density at radius 3 is 2.50 bits per heavy atom. The van der Waals surface area contributed by atoms with E-state index >= 15 is 0 Å². The minimum absolute atomic E-state index is 0.0277. The molecule has 2 saturated heterocycles. The highest BCUT2D eigenvalue weighted by Crippen LogP contribution is 2.31. The van der Waals surface area contributed by atoms with Crippen molar-refractivity contribution in [1.82, 2.24) is 20.0 Å². The quantitative estimate of drug-likeness (QED) is 0.677. The van der Waals surface area contributed by atoms with Gasteiger partial charge in [0.1, 0.15) is 11.4 Å². The van der Waals surface area contributed by atoms with E-state index in [1.807, 2.05) is 26.0 Å². The number of ether oxygens (including phenoxy) is 3. The topological polar surface area (TPSA) is 77.9 Å². The third-order valence-corrected chi connectivity index (χ3v) is 6.27. The number of carbonyl (C=O) groups excluding carboxylic acids is 1. The van der Waals surface area contributed by atoms with Gasteiger partial charge in [0.05, 0.1) is 13.2 Å². The number of aryl methyl sites for hydroxylation is 2. The number of carbonyl (C=O) groups is 1.